The molecule has 96 valence electrons. The van der Waals surface area contributed by atoms with E-state index < -0.39 is 0 Å². The van der Waals surface area contributed by atoms with Crippen molar-refractivity contribution in [3.63, 3.8) is 0 Å². The van der Waals surface area contributed by atoms with Gasteiger partial charge in [-0.25, -0.2) is 4.68 Å². The molecule has 0 atom stereocenters. The summed E-state index contributed by atoms with van der Waals surface area (Å²) in [6, 6.07) is 7.56. The summed E-state index contributed by atoms with van der Waals surface area (Å²) in [4.78, 5) is 12.1. The zero-order valence-electron chi connectivity index (χ0n) is 10.7. The zero-order chi connectivity index (χ0) is 12.8. The van der Waals surface area contributed by atoms with Crippen LogP contribution in [0.3, 0.4) is 0 Å². The van der Waals surface area contributed by atoms with E-state index in [1.807, 2.05) is 24.3 Å². The minimum absolute atomic E-state index is 0.00890. The van der Waals surface area contributed by atoms with Gasteiger partial charge >= 0.3 is 0 Å². The second-order valence-electron chi connectivity index (χ2n) is 4.36. The van der Waals surface area contributed by atoms with Gasteiger partial charge in [-0.3, -0.25) is 4.79 Å². The van der Waals surface area contributed by atoms with Gasteiger partial charge in [0.05, 0.1) is 18.1 Å². The van der Waals surface area contributed by atoms with Crippen LogP contribution in [-0.4, -0.2) is 22.9 Å². The van der Waals surface area contributed by atoms with E-state index in [2.05, 4.69) is 17.3 Å². The minimum Gasteiger partial charge on any atom is -0.315 e. The molecule has 0 saturated carbocycles. The Kier molecular flexibility index (Phi) is 4.47. The highest BCUT2D eigenvalue weighted by molar-refractivity contribution is 5.80. The Balaban J connectivity index is 2.05. The van der Waals surface area contributed by atoms with E-state index in [1.54, 1.807) is 6.20 Å². The van der Waals surface area contributed by atoms with Gasteiger partial charge in [0.2, 0.25) is 0 Å². The molecule has 1 aromatic heterocycles. The number of hydrogen-bond donors (Lipinski definition) is 1. The largest absolute Gasteiger partial charge is 0.315 e. The highest BCUT2D eigenvalue weighted by atomic mass is 16.1. The highest BCUT2D eigenvalue weighted by Crippen LogP contribution is 2.05. The molecule has 0 saturated heterocycles. The first-order valence-electron chi connectivity index (χ1n) is 6.48. The SMILES string of the molecule is CCCCNCCn1ncc2ccccc2c1=O. The summed E-state index contributed by atoms with van der Waals surface area (Å²) in [5.41, 5.74) is -0.00890. The number of hydrogen-bond acceptors (Lipinski definition) is 3. The molecule has 1 heterocycles. The Hall–Kier alpha value is -1.68. The average Bonchev–Trinajstić information content (AvgIpc) is 2.41. The fraction of sp³-hybridized carbons (Fsp3) is 0.429. The molecular formula is C14H19N3O. The van der Waals surface area contributed by atoms with Crippen LogP contribution in [0.2, 0.25) is 0 Å². The Morgan fingerprint density at radius 3 is 2.94 bits per heavy atom. The molecule has 18 heavy (non-hydrogen) atoms. The number of nitrogens with zero attached hydrogens (tertiary/aromatic N) is 2. The number of rotatable bonds is 6. The van der Waals surface area contributed by atoms with E-state index in [9.17, 15) is 4.79 Å². The molecule has 0 fully saturated rings. The summed E-state index contributed by atoms with van der Waals surface area (Å²) in [5.74, 6) is 0. The molecule has 2 rings (SSSR count). The molecule has 0 aliphatic heterocycles. The number of unbranched alkanes of at least 4 members (excludes halogenated alkanes) is 1. The van der Waals surface area contributed by atoms with E-state index in [4.69, 9.17) is 0 Å². The third-order valence-electron chi connectivity index (χ3n) is 2.97. The van der Waals surface area contributed by atoms with Crippen LogP contribution in [0, 0.1) is 0 Å². The average molecular weight is 245 g/mol. The van der Waals surface area contributed by atoms with Gasteiger partial charge in [0.1, 0.15) is 0 Å². The smallest absolute Gasteiger partial charge is 0.274 e. The molecule has 0 aliphatic carbocycles. The van der Waals surface area contributed by atoms with Crippen molar-refractivity contribution in [1.29, 1.82) is 0 Å². The summed E-state index contributed by atoms with van der Waals surface area (Å²) in [6.07, 6.45) is 4.10. The fourth-order valence-electron chi connectivity index (χ4n) is 1.90. The van der Waals surface area contributed by atoms with Gasteiger partial charge in [0.25, 0.3) is 5.56 Å². The first kappa shape index (κ1) is 12.8. The van der Waals surface area contributed by atoms with Gasteiger partial charge in [0, 0.05) is 11.9 Å². The maximum Gasteiger partial charge on any atom is 0.274 e. The lowest BCUT2D eigenvalue weighted by Crippen LogP contribution is -2.29. The van der Waals surface area contributed by atoms with Gasteiger partial charge < -0.3 is 5.32 Å². The van der Waals surface area contributed by atoms with Crippen molar-refractivity contribution in [1.82, 2.24) is 15.1 Å². The Morgan fingerprint density at radius 2 is 2.11 bits per heavy atom. The highest BCUT2D eigenvalue weighted by Gasteiger charge is 2.02. The number of nitrogens with one attached hydrogen (secondary N) is 1. The molecule has 4 nitrogen and oxygen atoms in total. The van der Waals surface area contributed by atoms with Gasteiger partial charge in [-0.2, -0.15) is 5.10 Å². The van der Waals surface area contributed by atoms with Crippen LogP contribution < -0.4 is 10.9 Å². The molecular weight excluding hydrogens is 226 g/mol. The van der Waals surface area contributed by atoms with Crippen molar-refractivity contribution in [2.75, 3.05) is 13.1 Å². The number of fused-ring (bicyclic) bond motifs is 1. The van der Waals surface area contributed by atoms with Crippen molar-refractivity contribution < 1.29 is 0 Å². The topological polar surface area (TPSA) is 46.9 Å². The summed E-state index contributed by atoms with van der Waals surface area (Å²) in [5, 5.41) is 9.14. The lowest BCUT2D eigenvalue weighted by Gasteiger charge is -2.06. The fourth-order valence-corrected chi connectivity index (χ4v) is 1.90. The third kappa shape index (κ3) is 2.96. The molecule has 1 aromatic carbocycles. The van der Waals surface area contributed by atoms with Crippen molar-refractivity contribution in [3.8, 4) is 0 Å². The van der Waals surface area contributed by atoms with Gasteiger partial charge in [-0.1, -0.05) is 31.5 Å². The molecule has 0 unspecified atom stereocenters. The second-order valence-corrected chi connectivity index (χ2v) is 4.36. The molecule has 0 radical (unpaired) electrons. The quantitative estimate of drug-likeness (QED) is 0.789. The van der Waals surface area contributed by atoms with Gasteiger partial charge in [0.15, 0.2) is 0 Å². The molecule has 0 aliphatic rings. The number of benzene rings is 1. The van der Waals surface area contributed by atoms with Crippen LogP contribution in [-0.2, 0) is 6.54 Å². The first-order chi connectivity index (χ1) is 8.83. The van der Waals surface area contributed by atoms with Crippen LogP contribution in [0.1, 0.15) is 19.8 Å². The van der Waals surface area contributed by atoms with E-state index in [0.29, 0.717) is 6.54 Å². The van der Waals surface area contributed by atoms with Crippen LogP contribution in [0.15, 0.2) is 35.3 Å². The van der Waals surface area contributed by atoms with Crippen LogP contribution >= 0.6 is 0 Å². The van der Waals surface area contributed by atoms with Crippen molar-refractivity contribution in [2.45, 2.75) is 26.3 Å². The summed E-state index contributed by atoms with van der Waals surface area (Å²) < 4.78 is 1.53. The Labute approximate surface area is 107 Å². The maximum atomic E-state index is 12.1. The predicted octanol–water partition coefficient (Wildman–Crippen LogP) is 1.79. The van der Waals surface area contributed by atoms with E-state index in [0.717, 1.165) is 23.9 Å². The van der Waals surface area contributed by atoms with Crippen molar-refractivity contribution in [3.05, 3.63) is 40.8 Å². The van der Waals surface area contributed by atoms with E-state index in [-0.39, 0.29) is 5.56 Å². The summed E-state index contributed by atoms with van der Waals surface area (Å²) in [7, 11) is 0. The molecule has 1 N–H and O–H groups in total. The van der Waals surface area contributed by atoms with Crippen LogP contribution in [0.5, 0.6) is 0 Å². The molecule has 4 heteroatoms. The first-order valence-corrected chi connectivity index (χ1v) is 6.48. The third-order valence-corrected chi connectivity index (χ3v) is 2.97. The predicted molar refractivity (Wildman–Crippen MR) is 73.8 cm³/mol. The minimum atomic E-state index is -0.00890. The molecule has 0 amide bonds. The number of aromatic nitrogens is 2. The lowest BCUT2D eigenvalue weighted by molar-refractivity contribution is 0.529. The molecule has 2 aromatic rings. The molecule has 0 spiro atoms. The zero-order valence-corrected chi connectivity index (χ0v) is 10.7. The maximum absolute atomic E-state index is 12.1. The van der Waals surface area contributed by atoms with Crippen LogP contribution in [0.25, 0.3) is 10.8 Å². The van der Waals surface area contributed by atoms with E-state index in [1.165, 1.54) is 17.5 Å². The monoisotopic (exact) mass is 245 g/mol. The van der Waals surface area contributed by atoms with Crippen LogP contribution in [0.4, 0.5) is 0 Å². The summed E-state index contributed by atoms with van der Waals surface area (Å²) >= 11 is 0. The molecule has 0 bridgehead atoms. The van der Waals surface area contributed by atoms with Gasteiger partial charge in [-0.05, 0) is 19.0 Å². The lowest BCUT2D eigenvalue weighted by atomic mass is 10.2. The van der Waals surface area contributed by atoms with Gasteiger partial charge in [-0.15, -0.1) is 0 Å². The Bertz CT molecular complexity index is 562. The van der Waals surface area contributed by atoms with E-state index >= 15 is 0 Å². The Morgan fingerprint density at radius 1 is 1.28 bits per heavy atom. The summed E-state index contributed by atoms with van der Waals surface area (Å²) in [6.45, 7) is 4.56. The normalized spacial score (nSPS) is 10.9. The van der Waals surface area contributed by atoms with Crippen molar-refractivity contribution in [2.24, 2.45) is 0 Å². The van der Waals surface area contributed by atoms with Crippen molar-refractivity contribution >= 4 is 10.8 Å². The standard InChI is InChI=1S/C14H19N3O/c1-2-3-8-15-9-10-17-14(18)13-7-5-4-6-12(13)11-16-17/h4-7,11,15H,2-3,8-10H2,1H3. The second kappa shape index (κ2) is 6.31.